The van der Waals surface area contributed by atoms with Crippen LogP contribution in [0.1, 0.15) is 58.9 Å². The van der Waals surface area contributed by atoms with Crippen LogP contribution >= 0.6 is 11.3 Å². The molecule has 0 aliphatic carbocycles. The number of hydrogen-bond donors (Lipinski definition) is 3. The Labute approximate surface area is 280 Å². The van der Waals surface area contributed by atoms with E-state index in [1.54, 1.807) is 32.4 Å². The molecule has 0 unspecified atom stereocenters. The Hall–Kier alpha value is -4.45. The topological polar surface area (TPSA) is 139 Å². The number of nitrogens with zero attached hydrogens (tertiary/aromatic N) is 2. The van der Waals surface area contributed by atoms with Gasteiger partial charge in [0.05, 0.1) is 37.9 Å². The van der Waals surface area contributed by atoms with Crippen molar-refractivity contribution < 1.29 is 28.7 Å². The molecular weight excluding hydrogens is 618 g/mol. The van der Waals surface area contributed by atoms with E-state index in [1.165, 1.54) is 16.2 Å². The maximum atomic E-state index is 14.0. The monoisotopic (exact) mass is 663 g/mol. The summed E-state index contributed by atoms with van der Waals surface area (Å²) in [5, 5.41) is 11.7. The van der Waals surface area contributed by atoms with Gasteiger partial charge in [0.2, 0.25) is 17.7 Å². The van der Waals surface area contributed by atoms with Gasteiger partial charge in [-0.3, -0.25) is 19.2 Å². The van der Waals surface area contributed by atoms with Gasteiger partial charge in [0.1, 0.15) is 17.5 Å². The van der Waals surface area contributed by atoms with E-state index in [0.29, 0.717) is 48.6 Å². The number of amides is 4. The van der Waals surface area contributed by atoms with Gasteiger partial charge in [-0.05, 0) is 73.6 Å². The lowest BCUT2D eigenvalue weighted by Crippen LogP contribution is -2.54. The van der Waals surface area contributed by atoms with Crippen LogP contribution in [-0.2, 0) is 33.6 Å². The van der Waals surface area contributed by atoms with Gasteiger partial charge in [-0.25, -0.2) is 4.98 Å². The lowest BCUT2D eigenvalue weighted by molar-refractivity contribution is -0.136. The molecule has 2 heterocycles. The Bertz CT molecular complexity index is 1540. The first-order valence-corrected chi connectivity index (χ1v) is 16.8. The van der Waals surface area contributed by atoms with Crippen LogP contribution in [0.2, 0.25) is 0 Å². The first kappa shape index (κ1) is 35.4. The molecule has 2 aromatic carbocycles. The van der Waals surface area contributed by atoms with Crippen LogP contribution in [0.4, 0.5) is 0 Å². The maximum Gasteiger partial charge on any atom is 0.251 e. The van der Waals surface area contributed by atoms with Gasteiger partial charge in [0, 0.05) is 36.5 Å². The molecule has 0 spiro atoms. The number of benzene rings is 2. The summed E-state index contributed by atoms with van der Waals surface area (Å²) in [6.07, 6.45) is 1.97. The summed E-state index contributed by atoms with van der Waals surface area (Å²) in [5.41, 5.74) is 2.68. The summed E-state index contributed by atoms with van der Waals surface area (Å²) < 4.78 is 10.8. The average Bonchev–Trinajstić information content (AvgIpc) is 3.45. The second-order valence-corrected chi connectivity index (χ2v) is 13.3. The second-order valence-electron chi connectivity index (χ2n) is 12.2. The molecule has 3 N–H and O–H groups in total. The third-order valence-electron chi connectivity index (χ3n) is 7.94. The Balaban J connectivity index is 1.67. The molecule has 0 fully saturated rings. The third-order valence-corrected chi connectivity index (χ3v) is 8.76. The number of nitrogens with one attached hydrogen (secondary N) is 3. The quantitative estimate of drug-likeness (QED) is 0.336. The average molecular weight is 664 g/mol. The predicted molar refractivity (Wildman–Crippen MR) is 181 cm³/mol. The maximum absolute atomic E-state index is 14.0. The summed E-state index contributed by atoms with van der Waals surface area (Å²) in [5.74, 6) is 0.163. The van der Waals surface area contributed by atoms with Crippen molar-refractivity contribution in [1.29, 1.82) is 0 Å². The molecule has 4 rings (SSSR count). The number of carbonyl (C=O) groups is 4. The van der Waals surface area contributed by atoms with Gasteiger partial charge in [0.15, 0.2) is 0 Å². The van der Waals surface area contributed by atoms with Gasteiger partial charge in [-0.1, -0.05) is 26.0 Å². The molecule has 252 valence electrons. The van der Waals surface area contributed by atoms with Crippen molar-refractivity contribution in [3.8, 4) is 11.5 Å². The fraction of sp³-hybridized carbons (Fsp3) is 0.457. The standard InChI is InChI=1S/C35H45N5O6S/c1-22(2)15-27-19-40(33(42)18-28-21-47-23(3)37-28)20-32(41)36-14-6-7-25-17-26(10-13-31(25)46-5)34(43)39-30(35(44)38-27)16-24-8-11-29(45-4)12-9-24/h8-13,17,21-22,27,30H,6-7,14-16,18-20H2,1-5H3,(H,36,41)(H,38,44)(H,39,43)/t27-,30-/m0/s1. The minimum Gasteiger partial charge on any atom is -0.497 e. The van der Waals surface area contributed by atoms with E-state index in [9.17, 15) is 19.2 Å². The minimum absolute atomic E-state index is 0.0471. The molecule has 2 atom stereocenters. The highest BCUT2D eigenvalue weighted by Gasteiger charge is 2.28. The van der Waals surface area contributed by atoms with Crippen LogP contribution in [0.25, 0.3) is 0 Å². The highest BCUT2D eigenvalue weighted by atomic mass is 32.1. The molecule has 2 bridgehead atoms. The van der Waals surface area contributed by atoms with Crippen LogP contribution < -0.4 is 25.4 Å². The first-order valence-electron chi connectivity index (χ1n) is 15.9. The van der Waals surface area contributed by atoms with E-state index in [1.807, 2.05) is 50.4 Å². The number of methoxy groups -OCH3 is 2. The molecule has 1 aliphatic heterocycles. The van der Waals surface area contributed by atoms with Crippen LogP contribution in [0.15, 0.2) is 47.8 Å². The highest BCUT2D eigenvalue weighted by Crippen LogP contribution is 2.22. The predicted octanol–water partition coefficient (Wildman–Crippen LogP) is 3.47. The van der Waals surface area contributed by atoms with E-state index in [4.69, 9.17) is 9.47 Å². The van der Waals surface area contributed by atoms with Crippen molar-refractivity contribution in [3.05, 3.63) is 75.2 Å². The molecule has 0 saturated heterocycles. The lowest BCUT2D eigenvalue weighted by Gasteiger charge is -2.30. The Kier molecular flexibility index (Phi) is 12.7. The summed E-state index contributed by atoms with van der Waals surface area (Å²) >= 11 is 1.46. The Morgan fingerprint density at radius 3 is 2.49 bits per heavy atom. The van der Waals surface area contributed by atoms with Crippen molar-refractivity contribution in [2.75, 3.05) is 33.9 Å². The van der Waals surface area contributed by atoms with Gasteiger partial charge in [-0.2, -0.15) is 0 Å². The SMILES string of the molecule is COc1ccc(C[C@@H]2NC(=O)c3ccc(OC)c(c3)CCCNC(=O)CN(C(=O)Cc3csc(C)n3)C[C@H](CC(C)C)NC2=O)cc1. The zero-order chi connectivity index (χ0) is 33.9. The van der Waals surface area contributed by atoms with Crippen molar-refractivity contribution in [1.82, 2.24) is 25.8 Å². The number of ether oxygens (including phenoxy) is 2. The first-order chi connectivity index (χ1) is 22.5. The molecule has 11 nitrogen and oxygen atoms in total. The zero-order valence-electron chi connectivity index (χ0n) is 27.8. The molecule has 0 radical (unpaired) electrons. The Morgan fingerprint density at radius 1 is 1.06 bits per heavy atom. The number of carbonyl (C=O) groups excluding carboxylic acids is 4. The van der Waals surface area contributed by atoms with E-state index >= 15 is 0 Å². The Morgan fingerprint density at radius 2 is 1.83 bits per heavy atom. The summed E-state index contributed by atoms with van der Waals surface area (Å²) in [6, 6.07) is 11.1. The van der Waals surface area contributed by atoms with Crippen LogP contribution in [0.3, 0.4) is 0 Å². The molecule has 1 aliphatic rings. The van der Waals surface area contributed by atoms with Gasteiger partial charge >= 0.3 is 0 Å². The van der Waals surface area contributed by atoms with Gasteiger partial charge in [-0.15, -0.1) is 11.3 Å². The second kappa shape index (κ2) is 16.9. The van der Waals surface area contributed by atoms with Crippen LogP contribution in [-0.4, -0.2) is 79.5 Å². The summed E-state index contributed by atoms with van der Waals surface area (Å²) in [4.78, 5) is 60.3. The van der Waals surface area contributed by atoms with E-state index in [0.717, 1.165) is 16.1 Å². The van der Waals surface area contributed by atoms with Crippen molar-refractivity contribution >= 4 is 35.0 Å². The molecule has 0 saturated carbocycles. The van der Waals surface area contributed by atoms with Crippen molar-refractivity contribution in [3.63, 3.8) is 0 Å². The fourth-order valence-corrected chi connectivity index (χ4v) is 6.24. The highest BCUT2D eigenvalue weighted by molar-refractivity contribution is 7.09. The molecule has 1 aromatic heterocycles. The number of hydrogen-bond acceptors (Lipinski definition) is 8. The fourth-order valence-electron chi connectivity index (χ4n) is 5.63. The minimum atomic E-state index is -0.919. The number of rotatable bonds is 8. The van der Waals surface area contributed by atoms with Gasteiger partial charge in [0.25, 0.3) is 5.91 Å². The lowest BCUT2D eigenvalue weighted by atomic mass is 10.00. The smallest absolute Gasteiger partial charge is 0.251 e. The van der Waals surface area contributed by atoms with E-state index < -0.39 is 18.0 Å². The summed E-state index contributed by atoms with van der Waals surface area (Å²) in [7, 11) is 3.15. The molecule has 3 aromatic rings. The van der Waals surface area contributed by atoms with Crippen LogP contribution in [0, 0.1) is 12.8 Å². The van der Waals surface area contributed by atoms with Crippen LogP contribution in [0.5, 0.6) is 11.5 Å². The molecule has 12 heteroatoms. The number of aryl methyl sites for hydroxylation is 2. The molecule has 47 heavy (non-hydrogen) atoms. The number of fused-ring (bicyclic) bond motifs is 2. The molecule has 4 amide bonds. The van der Waals surface area contributed by atoms with E-state index in [-0.39, 0.29) is 49.6 Å². The zero-order valence-corrected chi connectivity index (χ0v) is 28.6. The van der Waals surface area contributed by atoms with Gasteiger partial charge < -0.3 is 30.3 Å². The normalized spacial score (nSPS) is 18.2. The number of thiazole rings is 1. The summed E-state index contributed by atoms with van der Waals surface area (Å²) in [6.45, 7) is 6.29. The van der Waals surface area contributed by atoms with E-state index in [2.05, 4.69) is 20.9 Å². The molecular formula is C35H45N5O6S. The third kappa shape index (κ3) is 10.5. The largest absolute Gasteiger partial charge is 0.497 e. The number of aromatic nitrogens is 1. The van der Waals surface area contributed by atoms with Crippen molar-refractivity contribution in [2.24, 2.45) is 5.92 Å². The van der Waals surface area contributed by atoms with Crippen molar-refractivity contribution in [2.45, 2.75) is 65.0 Å².